The number of aromatic nitrogens is 1. The van der Waals surface area contributed by atoms with E-state index in [0.717, 1.165) is 31.2 Å². The van der Waals surface area contributed by atoms with Crippen LogP contribution < -0.4 is 11.1 Å². The van der Waals surface area contributed by atoms with Crippen LogP contribution in [0.15, 0.2) is 30.5 Å². The average Bonchev–Trinajstić information content (AvgIpc) is 3.40. The molecule has 4 aliphatic rings. The first-order chi connectivity index (χ1) is 20.2. The Morgan fingerprint density at radius 3 is 2.49 bits per heavy atom. The second-order valence-corrected chi connectivity index (χ2v) is 15.2. The van der Waals surface area contributed by atoms with Crippen LogP contribution in [0, 0.1) is 28.0 Å². The van der Waals surface area contributed by atoms with Gasteiger partial charge in [-0.1, -0.05) is 50.0 Å². The Morgan fingerprint density at radius 2 is 1.84 bits per heavy atom. The summed E-state index contributed by atoms with van der Waals surface area (Å²) in [7, 11) is 0. The number of carbonyl (C=O) groups excluding carboxylic acids is 3. The van der Waals surface area contributed by atoms with Crippen molar-refractivity contribution >= 4 is 46.5 Å². The zero-order chi connectivity index (χ0) is 30.9. The van der Waals surface area contributed by atoms with Crippen molar-refractivity contribution in [1.29, 1.82) is 0 Å². The van der Waals surface area contributed by atoms with Crippen LogP contribution >= 0.6 is 23.2 Å². The number of ketones is 1. The van der Waals surface area contributed by atoms with Crippen LogP contribution in [0.3, 0.4) is 0 Å². The number of halogens is 3. The van der Waals surface area contributed by atoms with Gasteiger partial charge in [0.05, 0.1) is 12.0 Å². The molecule has 2 spiro atoms. The highest BCUT2D eigenvalue weighted by molar-refractivity contribution is 6.31. The van der Waals surface area contributed by atoms with E-state index in [0.29, 0.717) is 30.0 Å². The molecule has 1 saturated heterocycles. The molecule has 2 aromatic rings. The fourth-order valence-corrected chi connectivity index (χ4v) is 9.09. The molecule has 5 atom stereocenters. The second-order valence-electron chi connectivity index (χ2n) is 14.4. The molecule has 3 heterocycles. The maximum Gasteiger partial charge on any atom is 0.246 e. The zero-order valence-corrected chi connectivity index (χ0v) is 26.3. The van der Waals surface area contributed by atoms with Crippen molar-refractivity contribution in [1.82, 2.24) is 4.98 Å². The van der Waals surface area contributed by atoms with Gasteiger partial charge in [-0.3, -0.25) is 14.4 Å². The molecule has 1 aromatic heterocycles. The first-order valence-electron chi connectivity index (χ1n) is 15.1. The van der Waals surface area contributed by atoms with Gasteiger partial charge in [0.1, 0.15) is 11.9 Å². The van der Waals surface area contributed by atoms with Crippen molar-refractivity contribution in [3.63, 3.8) is 0 Å². The number of nitrogens with one attached hydrogen (secondary N) is 1. The van der Waals surface area contributed by atoms with E-state index in [1.54, 1.807) is 18.2 Å². The van der Waals surface area contributed by atoms with Gasteiger partial charge < -0.3 is 15.8 Å². The van der Waals surface area contributed by atoms with Crippen LogP contribution in [-0.4, -0.2) is 35.3 Å². The Hall–Kier alpha value is -2.55. The smallest absolute Gasteiger partial charge is 0.246 e. The minimum Gasteiger partial charge on any atom is -0.368 e. The first kappa shape index (κ1) is 30.5. The third kappa shape index (κ3) is 4.79. The number of carbonyl (C=O) groups is 3. The van der Waals surface area contributed by atoms with E-state index < -0.39 is 45.9 Å². The molecule has 2 amide bonds. The first-order valence-corrected chi connectivity index (χ1v) is 15.8. The Bertz CT molecular complexity index is 1490. The number of anilines is 1. The summed E-state index contributed by atoms with van der Waals surface area (Å²) >= 11 is 12.6. The number of nitrogens with two attached hydrogens (primary N) is 1. The Balaban J connectivity index is 1.51. The Labute approximate surface area is 261 Å². The van der Waals surface area contributed by atoms with Gasteiger partial charge in [0.2, 0.25) is 11.8 Å². The predicted molar refractivity (Wildman–Crippen MR) is 162 cm³/mol. The topological polar surface area (TPSA) is 111 Å². The summed E-state index contributed by atoms with van der Waals surface area (Å²) in [6.45, 7) is 6.65. The summed E-state index contributed by atoms with van der Waals surface area (Å²) in [6.07, 6.45) is 5.60. The van der Waals surface area contributed by atoms with Crippen LogP contribution in [0.4, 0.5) is 10.1 Å². The molecule has 0 radical (unpaired) electrons. The van der Waals surface area contributed by atoms with Crippen LogP contribution in [0.2, 0.25) is 10.2 Å². The van der Waals surface area contributed by atoms with E-state index in [-0.39, 0.29) is 40.8 Å². The average molecular weight is 631 g/mol. The number of nitrogens with zero attached hydrogens (tertiary/aromatic N) is 1. The highest BCUT2D eigenvalue weighted by Crippen LogP contribution is 2.72. The molecule has 230 valence electrons. The fourth-order valence-electron chi connectivity index (χ4n) is 8.75. The van der Waals surface area contributed by atoms with Gasteiger partial charge in [0, 0.05) is 35.2 Å². The summed E-state index contributed by atoms with van der Waals surface area (Å²) in [5, 5.41) is 3.29. The van der Waals surface area contributed by atoms with Crippen molar-refractivity contribution in [2.24, 2.45) is 27.9 Å². The number of hydrogen-bond acceptors (Lipinski definition) is 5. The normalized spacial score (nSPS) is 32.5. The lowest BCUT2D eigenvalue weighted by Gasteiger charge is -2.51. The summed E-state index contributed by atoms with van der Waals surface area (Å²) in [6, 6.07) is 6.95. The summed E-state index contributed by atoms with van der Waals surface area (Å²) < 4.78 is 21.9. The number of ether oxygens (including phenoxy) is 1. The highest BCUT2D eigenvalue weighted by Gasteiger charge is 2.72. The van der Waals surface area contributed by atoms with Crippen molar-refractivity contribution in [2.75, 3.05) is 11.9 Å². The quantitative estimate of drug-likeness (QED) is 0.356. The Morgan fingerprint density at radius 1 is 1.12 bits per heavy atom. The summed E-state index contributed by atoms with van der Waals surface area (Å²) in [5.74, 6) is -2.95. The number of rotatable bonds is 5. The van der Waals surface area contributed by atoms with E-state index in [9.17, 15) is 14.4 Å². The highest BCUT2D eigenvalue weighted by atomic mass is 35.5. The molecule has 2 aliphatic carbocycles. The van der Waals surface area contributed by atoms with E-state index in [2.05, 4.69) is 24.1 Å². The van der Waals surface area contributed by atoms with Crippen LogP contribution in [0.25, 0.3) is 0 Å². The van der Waals surface area contributed by atoms with Crippen LogP contribution in [0.5, 0.6) is 0 Å². The Kier molecular flexibility index (Phi) is 7.46. The van der Waals surface area contributed by atoms with Crippen LogP contribution in [-0.2, 0) is 24.5 Å². The molecule has 2 aliphatic heterocycles. The molecule has 10 heteroatoms. The third-order valence-electron chi connectivity index (χ3n) is 11.1. The summed E-state index contributed by atoms with van der Waals surface area (Å²) in [5.41, 5.74) is 4.80. The zero-order valence-electron chi connectivity index (χ0n) is 24.8. The number of primary amides is 1. The van der Waals surface area contributed by atoms with E-state index in [1.807, 2.05) is 13.0 Å². The second kappa shape index (κ2) is 10.5. The van der Waals surface area contributed by atoms with Gasteiger partial charge in [-0.15, -0.1) is 0 Å². The lowest BCUT2D eigenvalue weighted by molar-refractivity contribution is -0.141. The molecule has 3 fully saturated rings. The number of fused-ring (bicyclic) bond motifs is 3. The molecule has 1 aromatic carbocycles. The minimum atomic E-state index is -1.21. The lowest BCUT2D eigenvalue weighted by atomic mass is 9.51. The van der Waals surface area contributed by atoms with Crippen molar-refractivity contribution < 1.29 is 23.5 Å². The predicted octanol–water partition coefficient (Wildman–Crippen LogP) is 6.74. The van der Waals surface area contributed by atoms with Gasteiger partial charge in [-0.05, 0) is 90.5 Å². The van der Waals surface area contributed by atoms with E-state index >= 15 is 4.39 Å². The number of amides is 2. The SMILES string of the molecule is CC1(C)CCC2(CC1)C[C@@H](C(=O)CC1(C)CCC(C(N)=O)OC1)[C@H](c1ccnc(Cl)c1F)[C@]21C(=O)Nc2cc(Cl)ccc21. The number of pyridine rings is 1. The molecular weight excluding hydrogens is 592 g/mol. The van der Waals surface area contributed by atoms with Crippen molar-refractivity contribution in [3.8, 4) is 0 Å². The number of Topliss-reactive ketones (excluding diaryl/α,β-unsaturated/α-hetero) is 1. The molecule has 43 heavy (non-hydrogen) atoms. The molecule has 3 N–H and O–H groups in total. The van der Waals surface area contributed by atoms with Gasteiger partial charge in [0.25, 0.3) is 0 Å². The number of hydrogen-bond donors (Lipinski definition) is 2. The molecule has 6 rings (SSSR count). The van der Waals surface area contributed by atoms with E-state index in [1.165, 1.54) is 6.20 Å². The van der Waals surface area contributed by atoms with Gasteiger partial charge in [-0.2, -0.15) is 0 Å². The monoisotopic (exact) mass is 629 g/mol. The largest absolute Gasteiger partial charge is 0.368 e. The molecular formula is C33H38Cl2FN3O4. The number of benzene rings is 1. The van der Waals surface area contributed by atoms with Gasteiger partial charge in [-0.25, -0.2) is 9.37 Å². The molecule has 7 nitrogen and oxygen atoms in total. The third-order valence-corrected chi connectivity index (χ3v) is 11.6. The van der Waals surface area contributed by atoms with Crippen molar-refractivity contribution in [2.45, 2.75) is 89.6 Å². The lowest BCUT2D eigenvalue weighted by Crippen LogP contribution is -2.52. The minimum absolute atomic E-state index is 0.0442. The van der Waals surface area contributed by atoms with E-state index in [4.69, 9.17) is 33.7 Å². The molecule has 2 saturated carbocycles. The molecule has 2 unspecified atom stereocenters. The van der Waals surface area contributed by atoms with Gasteiger partial charge in [0.15, 0.2) is 11.0 Å². The fraction of sp³-hybridized carbons (Fsp3) is 0.576. The van der Waals surface area contributed by atoms with Crippen LogP contribution in [0.1, 0.15) is 89.2 Å². The maximum absolute atomic E-state index is 16.1. The standard InChI is InChI=1S/C33H38Cl2FN3O4/c1-30(2)9-11-32(12-10-30)15-20(23(40)16-31(3)8-6-24(28(37)41)43-17-31)25(19-7-13-38-27(35)26(19)36)33(32)21-5-4-18(34)14-22(21)39-29(33)42/h4-5,7,13-14,20,24-25H,6,8-12,15-17H2,1-3H3,(H2,37,41)(H,39,42)/t20-,24?,25-,31?,33+/m0/s1. The summed E-state index contributed by atoms with van der Waals surface area (Å²) in [4.78, 5) is 44.9. The van der Waals surface area contributed by atoms with Gasteiger partial charge >= 0.3 is 0 Å². The van der Waals surface area contributed by atoms with Crippen molar-refractivity contribution in [3.05, 3.63) is 57.6 Å². The maximum atomic E-state index is 16.1. The molecule has 0 bridgehead atoms.